The molecule has 0 atom stereocenters. The molecular formula is C14H15ClO3S. The van der Waals surface area contributed by atoms with Gasteiger partial charge in [0.2, 0.25) is 0 Å². The molecule has 0 radical (unpaired) electrons. The largest absolute Gasteiger partial charge is 0.492 e. The molecule has 0 aliphatic rings. The van der Waals surface area contributed by atoms with E-state index in [2.05, 4.69) is 6.92 Å². The highest BCUT2D eigenvalue weighted by molar-refractivity contribution is 7.22. The Bertz CT molecular complexity index is 592. The molecule has 1 aromatic heterocycles. The lowest BCUT2D eigenvalue weighted by Crippen LogP contribution is -1.97. The third kappa shape index (κ3) is 2.85. The van der Waals surface area contributed by atoms with Gasteiger partial charge < -0.3 is 9.47 Å². The highest BCUT2D eigenvalue weighted by Gasteiger charge is 2.19. The van der Waals surface area contributed by atoms with Gasteiger partial charge in [0.25, 0.3) is 0 Å². The first kappa shape index (κ1) is 14.2. The number of rotatable bonds is 5. The normalized spacial score (nSPS) is 10.7. The monoisotopic (exact) mass is 298 g/mol. The van der Waals surface area contributed by atoms with E-state index in [1.807, 2.05) is 18.2 Å². The van der Waals surface area contributed by atoms with Gasteiger partial charge in [0.1, 0.15) is 10.6 Å². The van der Waals surface area contributed by atoms with Crippen molar-refractivity contribution in [2.75, 3.05) is 13.7 Å². The average molecular weight is 299 g/mol. The number of methoxy groups -OCH3 is 1. The van der Waals surface area contributed by atoms with E-state index in [1.165, 1.54) is 18.4 Å². The number of unbranched alkanes of at least 4 members (excludes halogenated alkanes) is 1. The Labute approximate surface area is 121 Å². The van der Waals surface area contributed by atoms with Gasteiger partial charge in [-0.2, -0.15) is 0 Å². The van der Waals surface area contributed by atoms with Crippen LogP contribution in [-0.4, -0.2) is 19.7 Å². The average Bonchev–Trinajstić information content (AvgIpc) is 2.77. The summed E-state index contributed by atoms with van der Waals surface area (Å²) in [5, 5.41) is 1.27. The molecule has 0 bridgehead atoms. The maximum Gasteiger partial charge on any atom is 0.349 e. The maximum atomic E-state index is 11.6. The first-order valence-electron chi connectivity index (χ1n) is 6.11. The van der Waals surface area contributed by atoms with Crippen LogP contribution in [0.15, 0.2) is 18.2 Å². The Morgan fingerprint density at radius 1 is 1.42 bits per heavy atom. The highest BCUT2D eigenvalue weighted by atomic mass is 35.5. The lowest BCUT2D eigenvalue weighted by Gasteiger charge is -2.05. The minimum atomic E-state index is -0.411. The maximum absolute atomic E-state index is 11.6. The number of ether oxygens (including phenoxy) is 2. The van der Waals surface area contributed by atoms with Gasteiger partial charge >= 0.3 is 5.97 Å². The molecule has 19 heavy (non-hydrogen) atoms. The molecule has 0 N–H and O–H groups in total. The fourth-order valence-corrected chi connectivity index (χ4v) is 3.21. The first-order chi connectivity index (χ1) is 9.19. The Kier molecular flexibility index (Phi) is 4.66. The van der Waals surface area contributed by atoms with Gasteiger partial charge in [-0.3, -0.25) is 0 Å². The van der Waals surface area contributed by atoms with Crippen molar-refractivity contribution < 1.29 is 14.3 Å². The van der Waals surface area contributed by atoms with Crippen LogP contribution in [0.25, 0.3) is 10.1 Å². The Hall–Kier alpha value is -1.26. The summed E-state index contributed by atoms with van der Waals surface area (Å²) in [7, 11) is 1.35. The zero-order chi connectivity index (χ0) is 13.8. The summed E-state index contributed by atoms with van der Waals surface area (Å²) in [5.41, 5.74) is 0. The Balaban J connectivity index is 2.41. The van der Waals surface area contributed by atoms with Crippen LogP contribution in [0, 0.1) is 0 Å². The zero-order valence-electron chi connectivity index (χ0n) is 10.9. The van der Waals surface area contributed by atoms with Gasteiger partial charge in [-0.1, -0.05) is 37.1 Å². The quantitative estimate of drug-likeness (QED) is 0.601. The molecule has 0 fully saturated rings. The van der Waals surface area contributed by atoms with E-state index in [0.717, 1.165) is 28.7 Å². The minimum absolute atomic E-state index is 0.411. The van der Waals surface area contributed by atoms with Gasteiger partial charge in [-0.15, -0.1) is 11.3 Å². The molecule has 0 unspecified atom stereocenters. The number of carbonyl (C=O) groups excluding carboxylic acids is 1. The zero-order valence-corrected chi connectivity index (χ0v) is 12.4. The lowest BCUT2D eigenvalue weighted by molar-refractivity contribution is 0.0606. The predicted octanol–water partition coefficient (Wildman–Crippen LogP) is 4.52. The summed E-state index contributed by atoms with van der Waals surface area (Å²) >= 11 is 7.53. The van der Waals surface area contributed by atoms with Crippen LogP contribution < -0.4 is 4.74 Å². The van der Waals surface area contributed by atoms with Gasteiger partial charge in [0.05, 0.1) is 23.4 Å². The molecule has 3 nitrogen and oxygen atoms in total. The van der Waals surface area contributed by atoms with Gasteiger partial charge in [0.15, 0.2) is 0 Å². The van der Waals surface area contributed by atoms with Crippen LogP contribution in [0.3, 0.4) is 0 Å². The number of halogens is 1. The first-order valence-corrected chi connectivity index (χ1v) is 7.30. The van der Waals surface area contributed by atoms with Crippen molar-refractivity contribution in [2.45, 2.75) is 19.8 Å². The van der Waals surface area contributed by atoms with Crippen LogP contribution in [0.4, 0.5) is 0 Å². The molecule has 0 spiro atoms. The number of thiophene rings is 1. The van der Waals surface area contributed by atoms with Crippen LogP contribution in [-0.2, 0) is 4.74 Å². The number of esters is 1. The Morgan fingerprint density at radius 2 is 2.21 bits per heavy atom. The van der Waals surface area contributed by atoms with Gasteiger partial charge in [0, 0.05) is 5.39 Å². The van der Waals surface area contributed by atoms with E-state index in [0.29, 0.717) is 16.5 Å². The van der Waals surface area contributed by atoms with E-state index in [-0.39, 0.29) is 0 Å². The molecule has 2 rings (SSSR count). The number of benzene rings is 1. The standard InChI is InChI=1S/C14H15ClO3S/c1-3-4-8-18-10-7-5-6-9-11(15)13(14(16)17-2)19-12(9)10/h5-7H,3-4,8H2,1-2H3. The topological polar surface area (TPSA) is 35.5 Å². The number of fused-ring (bicyclic) bond motifs is 1. The molecule has 0 aliphatic heterocycles. The fraction of sp³-hybridized carbons (Fsp3) is 0.357. The summed E-state index contributed by atoms with van der Waals surface area (Å²) in [5.74, 6) is 0.360. The van der Waals surface area contributed by atoms with Gasteiger partial charge in [-0.25, -0.2) is 4.79 Å². The van der Waals surface area contributed by atoms with Crippen LogP contribution in [0.5, 0.6) is 5.75 Å². The SMILES string of the molecule is CCCCOc1cccc2c(Cl)c(C(=O)OC)sc12. The van der Waals surface area contributed by atoms with Crippen molar-refractivity contribution in [1.82, 2.24) is 0 Å². The molecule has 0 amide bonds. The van der Waals surface area contributed by atoms with Crippen molar-refractivity contribution in [3.8, 4) is 5.75 Å². The molecule has 2 aromatic rings. The number of carbonyl (C=O) groups is 1. The van der Waals surface area contributed by atoms with Gasteiger partial charge in [-0.05, 0) is 12.5 Å². The Morgan fingerprint density at radius 3 is 2.89 bits per heavy atom. The highest BCUT2D eigenvalue weighted by Crippen LogP contribution is 2.40. The van der Waals surface area contributed by atoms with Crippen LogP contribution in [0.2, 0.25) is 5.02 Å². The van der Waals surface area contributed by atoms with Crippen molar-refractivity contribution in [3.63, 3.8) is 0 Å². The molecule has 0 saturated carbocycles. The molecule has 5 heteroatoms. The predicted molar refractivity (Wildman–Crippen MR) is 78.6 cm³/mol. The second-order valence-electron chi connectivity index (χ2n) is 4.07. The number of hydrogen-bond donors (Lipinski definition) is 0. The number of hydrogen-bond acceptors (Lipinski definition) is 4. The van der Waals surface area contributed by atoms with E-state index in [4.69, 9.17) is 21.1 Å². The van der Waals surface area contributed by atoms with Crippen LogP contribution >= 0.6 is 22.9 Å². The lowest BCUT2D eigenvalue weighted by atomic mass is 10.2. The second-order valence-corrected chi connectivity index (χ2v) is 5.47. The summed E-state index contributed by atoms with van der Waals surface area (Å²) in [6, 6.07) is 5.66. The third-order valence-corrected chi connectivity index (χ3v) is 4.45. The summed E-state index contributed by atoms with van der Waals surface area (Å²) in [6.07, 6.45) is 2.08. The molecule has 1 heterocycles. The second kappa shape index (κ2) is 6.26. The molecule has 102 valence electrons. The van der Waals surface area contributed by atoms with E-state index >= 15 is 0 Å². The molecule has 0 aliphatic carbocycles. The summed E-state index contributed by atoms with van der Waals surface area (Å²) < 4.78 is 11.4. The van der Waals surface area contributed by atoms with Crippen molar-refractivity contribution in [3.05, 3.63) is 28.1 Å². The van der Waals surface area contributed by atoms with Crippen molar-refractivity contribution in [2.24, 2.45) is 0 Å². The van der Waals surface area contributed by atoms with E-state index < -0.39 is 5.97 Å². The van der Waals surface area contributed by atoms with Crippen molar-refractivity contribution >= 4 is 39.0 Å². The van der Waals surface area contributed by atoms with E-state index in [9.17, 15) is 4.79 Å². The van der Waals surface area contributed by atoms with E-state index in [1.54, 1.807) is 0 Å². The molecule has 1 aromatic carbocycles. The minimum Gasteiger partial charge on any atom is -0.492 e. The summed E-state index contributed by atoms with van der Waals surface area (Å²) in [6.45, 7) is 2.78. The van der Waals surface area contributed by atoms with Crippen molar-refractivity contribution in [1.29, 1.82) is 0 Å². The smallest absolute Gasteiger partial charge is 0.349 e. The fourth-order valence-electron chi connectivity index (χ4n) is 1.73. The van der Waals surface area contributed by atoms with Crippen LogP contribution in [0.1, 0.15) is 29.4 Å². The molecule has 0 saturated heterocycles. The summed E-state index contributed by atoms with van der Waals surface area (Å²) in [4.78, 5) is 12.1. The molecular weight excluding hydrogens is 284 g/mol. The third-order valence-electron chi connectivity index (χ3n) is 2.75.